The predicted octanol–water partition coefficient (Wildman–Crippen LogP) is 3.71. The molecule has 4 rings (SSSR count). The van der Waals surface area contributed by atoms with Crippen LogP contribution in [-0.4, -0.2) is 33.8 Å². The van der Waals surface area contributed by atoms with Gasteiger partial charge in [0.1, 0.15) is 11.5 Å². The number of nitrogens with zero attached hydrogens (tertiary/aromatic N) is 2. The molecule has 1 saturated heterocycles. The van der Waals surface area contributed by atoms with Crippen molar-refractivity contribution < 1.29 is 19.4 Å². The lowest BCUT2D eigenvalue weighted by atomic mass is 9.95. The van der Waals surface area contributed by atoms with E-state index < -0.39 is 17.7 Å². The van der Waals surface area contributed by atoms with E-state index in [1.54, 1.807) is 48.8 Å². The zero-order valence-electron chi connectivity index (χ0n) is 16.4. The number of Topliss-reactive ketones (excluding diaryl/α,β-unsaturated/α-hetero) is 1. The average molecular weight is 400 g/mol. The third-order valence-electron chi connectivity index (χ3n) is 5.10. The molecule has 1 aromatic heterocycles. The number of ketones is 1. The number of pyridine rings is 1. The van der Waals surface area contributed by atoms with Gasteiger partial charge in [0.2, 0.25) is 0 Å². The van der Waals surface area contributed by atoms with Gasteiger partial charge in [-0.2, -0.15) is 0 Å². The fourth-order valence-corrected chi connectivity index (χ4v) is 3.64. The number of methoxy groups -OCH3 is 1. The quantitative estimate of drug-likeness (QED) is 0.401. The number of rotatable bonds is 5. The summed E-state index contributed by atoms with van der Waals surface area (Å²) in [6, 6.07) is 19.0. The third kappa shape index (κ3) is 3.55. The van der Waals surface area contributed by atoms with Crippen LogP contribution in [0.4, 0.5) is 0 Å². The summed E-state index contributed by atoms with van der Waals surface area (Å²) in [5, 5.41) is 11.1. The molecule has 1 amide bonds. The summed E-state index contributed by atoms with van der Waals surface area (Å²) in [5.74, 6) is -1.05. The summed E-state index contributed by atoms with van der Waals surface area (Å²) in [5.41, 5.74) is 2.05. The summed E-state index contributed by atoms with van der Waals surface area (Å²) in [6.07, 6.45) is 3.20. The van der Waals surface area contributed by atoms with Crippen molar-refractivity contribution in [3.05, 3.63) is 101 Å². The second-order valence-electron chi connectivity index (χ2n) is 6.93. The van der Waals surface area contributed by atoms with Gasteiger partial charge in [0.25, 0.3) is 11.7 Å². The fourth-order valence-electron chi connectivity index (χ4n) is 3.64. The van der Waals surface area contributed by atoms with E-state index in [0.717, 1.165) is 5.56 Å². The van der Waals surface area contributed by atoms with Crippen LogP contribution in [0.2, 0.25) is 0 Å². The van der Waals surface area contributed by atoms with Gasteiger partial charge in [0.05, 0.1) is 18.7 Å². The van der Waals surface area contributed by atoms with E-state index in [1.807, 2.05) is 30.3 Å². The number of carbonyl (C=O) groups is 2. The van der Waals surface area contributed by atoms with Crippen LogP contribution in [0, 0.1) is 0 Å². The molecule has 2 aromatic carbocycles. The van der Waals surface area contributed by atoms with Crippen LogP contribution >= 0.6 is 0 Å². The van der Waals surface area contributed by atoms with E-state index in [-0.39, 0.29) is 17.9 Å². The van der Waals surface area contributed by atoms with E-state index in [0.29, 0.717) is 16.9 Å². The lowest BCUT2D eigenvalue weighted by Crippen LogP contribution is -2.29. The van der Waals surface area contributed by atoms with Crippen LogP contribution in [-0.2, 0) is 16.1 Å². The van der Waals surface area contributed by atoms with Crippen LogP contribution in [0.1, 0.15) is 22.7 Å². The molecule has 0 radical (unpaired) electrons. The highest BCUT2D eigenvalue weighted by atomic mass is 16.5. The minimum atomic E-state index is -0.723. The molecule has 1 aliphatic heterocycles. The number of aromatic nitrogens is 1. The van der Waals surface area contributed by atoms with Gasteiger partial charge >= 0.3 is 0 Å². The molecule has 1 unspecified atom stereocenters. The Morgan fingerprint density at radius 2 is 1.77 bits per heavy atom. The number of hydrogen-bond acceptors (Lipinski definition) is 5. The summed E-state index contributed by atoms with van der Waals surface area (Å²) in [6.45, 7) is 0.243. The minimum Gasteiger partial charge on any atom is -0.507 e. The Kier molecular flexibility index (Phi) is 5.30. The maximum Gasteiger partial charge on any atom is 0.295 e. The Morgan fingerprint density at radius 1 is 1.03 bits per heavy atom. The Bertz CT molecular complexity index is 1110. The van der Waals surface area contributed by atoms with E-state index in [1.165, 1.54) is 12.0 Å². The molecule has 1 aliphatic rings. The fraction of sp³-hybridized carbons (Fsp3) is 0.125. The SMILES string of the molecule is COc1cccc(C(O)=C2C(=O)C(=O)N(Cc3ccccc3)C2c2ccncc2)c1. The number of hydrogen-bond donors (Lipinski definition) is 1. The highest BCUT2D eigenvalue weighted by molar-refractivity contribution is 6.46. The average Bonchev–Trinajstić information content (AvgIpc) is 3.05. The van der Waals surface area contributed by atoms with E-state index in [2.05, 4.69) is 4.98 Å². The molecule has 3 aromatic rings. The largest absolute Gasteiger partial charge is 0.507 e. The van der Waals surface area contributed by atoms with Gasteiger partial charge in [-0.25, -0.2) is 0 Å². The molecule has 1 N–H and O–H groups in total. The molecule has 0 saturated carbocycles. The first-order valence-electron chi connectivity index (χ1n) is 9.47. The summed E-state index contributed by atoms with van der Waals surface area (Å²) in [7, 11) is 1.52. The number of amides is 1. The summed E-state index contributed by atoms with van der Waals surface area (Å²) < 4.78 is 5.22. The molecule has 150 valence electrons. The molecule has 0 bridgehead atoms. The molecule has 0 aliphatic carbocycles. The van der Waals surface area contributed by atoms with Gasteiger partial charge in [0, 0.05) is 24.5 Å². The monoisotopic (exact) mass is 400 g/mol. The minimum absolute atomic E-state index is 0.0513. The predicted molar refractivity (Wildman–Crippen MR) is 112 cm³/mol. The van der Waals surface area contributed by atoms with E-state index >= 15 is 0 Å². The van der Waals surface area contributed by atoms with Crippen molar-refractivity contribution >= 4 is 17.4 Å². The Morgan fingerprint density at radius 3 is 2.47 bits per heavy atom. The third-order valence-corrected chi connectivity index (χ3v) is 5.10. The van der Waals surface area contributed by atoms with Gasteiger partial charge in [-0.15, -0.1) is 0 Å². The van der Waals surface area contributed by atoms with Gasteiger partial charge < -0.3 is 14.7 Å². The zero-order chi connectivity index (χ0) is 21.1. The van der Waals surface area contributed by atoms with Crippen molar-refractivity contribution in [3.63, 3.8) is 0 Å². The van der Waals surface area contributed by atoms with Gasteiger partial charge in [-0.1, -0.05) is 42.5 Å². The second-order valence-corrected chi connectivity index (χ2v) is 6.93. The molecule has 1 atom stereocenters. The van der Waals surface area contributed by atoms with Crippen molar-refractivity contribution in [2.75, 3.05) is 7.11 Å². The van der Waals surface area contributed by atoms with Gasteiger partial charge in [-0.3, -0.25) is 14.6 Å². The molecule has 1 fully saturated rings. The maximum absolute atomic E-state index is 13.0. The Labute approximate surface area is 174 Å². The van der Waals surface area contributed by atoms with Crippen molar-refractivity contribution in [2.45, 2.75) is 12.6 Å². The van der Waals surface area contributed by atoms with E-state index in [4.69, 9.17) is 4.74 Å². The number of ether oxygens (including phenoxy) is 1. The molecule has 6 heteroatoms. The summed E-state index contributed by atoms with van der Waals surface area (Å²) in [4.78, 5) is 31.5. The van der Waals surface area contributed by atoms with Crippen LogP contribution in [0.15, 0.2) is 84.7 Å². The van der Waals surface area contributed by atoms with Crippen molar-refractivity contribution in [1.82, 2.24) is 9.88 Å². The zero-order valence-corrected chi connectivity index (χ0v) is 16.4. The second kappa shape index (κ2) is 8.21. The Hall–Kier alpha value is -3.93. The topological polar surface area (TPSA) is 79.7 Å². The molecular weight excluding hydrogens is 380 g/mol. The maximum atomic E-state index is 13.0. The first-order chi connectivity index (χ1) is 14.6. The first-order valence-corrected chi connectivity index (χ1v) is 9.47. The number of aliphatic hydroxyl groups excluding tert-OH is 1. The molecule has 2 heterocycles. The number of benzene rings is 2. The number of aliphatic hydroxyl groups is 1. The first kappa shape index (κ1) is 19.4. The van der Waals surface area contributed by atoms with Crippen LogP contribution in [0.5, 0.6) is 5.75 Å². The van der Waals surface area contributed by atoms with Crippen LogP contribution < -0.4 is 4.74 Å². The molecule has 0 spiro atoms. The van der Waals surface area contributed by atoms with E-state index in [9.17, 15) is 14.7 Å². The van der Waals surface area contributed by atoms with Crippen molar-refractivity contribution in [2.24, 2.45) is 0 Å². The highest BCUT2D eigenvalue weighted by Gasteiger charge is 2.46. The summed E-state index contributed by atoms with van der Waals surface area (Å²) >= 11 is 0. The normalized spacial score (nSPS) is 17.9. The van der Waals surface area contributed by atoms with Crippen molar-refractivity contribution in [1.29, 1.82) is 0 Å². The smallest absolute Gasteiger partial charge is 0.295 e. The molecular formula is C24H20N2O4. The van der Waals surface area contributed by atoms with Gasteiger partial charge in [0.15, 0.2) is 0 Å². The lowest BCUT2D eigenvalue weighted by Gasteiger charge is -2.25. The molecule has 30 heavy (non-hydrogen) atoms. The lowest BCUT2D eigenvalue weighted by molar-refractivity contribution is -0.140. The van der Waals surface area contributed by atoms with Gasteiger partial charge in [-0.05, 0) is 35.4 Å². The number of carbonyl (C=O) groups excluding carboxylic acids is 2. The van der Waals surface area contributed by atoms with Crippen molar-refractivity contribution in [3.8, 4) is 5.75 Å². The van der Waals surface area contributed by atoms with Crippen LogP contribution in [0.25, 0.3) is 5.76 Å². The standard InChI is InChI=1S/C24H20N2O4/c1-30-19-9-5-8-18(14-19)22(27)20-21(17-10-12-25-13-11-17)26(24(29)23(20)28)15-16-6-3-2-4-7-16/h2-14,21,27H,15H2,1H3. The molecule has 6 nitrogen and oxygen atoms in total. The van der Waals surface area contributed by atoms with Crippen LogP contribution in [0.3, 0.4) is 0 Å². The highest BCUT2D eigenvalue weighted by Crippen LogP contribution is 2.40. The number of likely N-dealkylation sites (tertiary alicyclic amines) is 1. The Balaban J connectivity index is 1.85.